The van der Waals surface area contributed by atoms with Crippen molar-refractivity contribution < 1.29 is 14.3 Å². The maximum absolute atomic E-state index is 12.4. The molecule has 1 saturated carbocycles. The van der Waals surface area contributed by atoms with Crippen LogP contribution in [0.3, 0.4) is 0 Å². The first-order valence-electron chi connectivity index (χ1n) is 8.99. The molecule has 0 bridgehead atoms. The van der Waals surface area contributed by atoms with Crippen LogP contribution in [0.4, 0.5) is 5.69 Å². The zero-order valence-electron chi connectivity index (χ0n) is 14.4. The van der Waals surface area contributed by atoms with E-state index >= 15 is 0 Å². The Morgan fingerprint density at radius 1 is 1.04 bits per heavy atom. The van der Waals surface area contributed by atoms with Crippen molar-refractivity contribution in [1.29, 1.82) is 0 Å². The largest absolute Gasteiger partial charge is 0.491 e. The number of nitrogen functional groups attached to an aromatic ring is 1. The van der Waals surface area contributed by atoms with E-state index in [9.17, 15) is 4.79 Å². The fraction of sp³-hybridized carbons (Fsp3) is 0.381. The minimum Gasteiger partial charge on any atom is -0.491 e. The zero-order valence-corrected chi connectivity index (χ0v) is 14.4. The summed E-state index contributed by atoms with van der Waals surface area (Å²) in [6, 6.07) is 15.2. The summed E-state index contributed by atoms with van der Waals surface area (Å²) < 4.78 is 11.4. The molecule has 0 amide bonds. The van der Waals surface area contributed by atoms with Crippen molar-refractivity contribution in [2.45, 2.75) is 44.6 Å². The number of esters is 1. The first kappa shape index (κ1) is 17.3. The van der Waals surface area contributed by atoms with Gasteiger partial charge in [-0.2, -0.15) is 0 Å². The first-order chi connectivity index (χ1) is 12.2. The van der Waals surface area contributed by atoms with Crippen LogP contribution in [0.25, 0.3) is 0 Å². The summed E-state index contributed by atoms with van der Waals surface area (Å²) in [5.41, 5.74) is 8.20. The van der Waals surface area contributed by atoms with E-state index in [4.69, 9.17) is 15.2 Å². The molecule has 1 fully saturated rings. The van der Waals surface area contributed by atoms with Crippen LogP contribution in [0.2, 0.25) is 0 Å². The molecule has 3 rings (SSSR count). The number of carbonyl (C=O) groups excluding carboxylic acids is 1. The minimum atomic E-state index is -0.292. The number of carbonyl (C=O) groups is 1. The lowest BCUT2D eigenvalue weighted by Gasteiger charge is -2.22. The number of benzene rings is 2. The topological polar surface area (TPSA) is 61.6 Å². The van der Waals surface area contributed by atoms with Crippen LogP contribution < -0.4 is 10.5 Å². The lowest BCUT2D eigenvalue weighted by molar-refractivity contribution is 0.0211. The van der Waals surface area contributed by atoms with E-state index in [0.29, 0.717) is 23.6 Å². The van der Waals surface area contributed by atoms with E-state index in [1.807, 2.05) is 18.2 Å². The second-order valence-electron chi connectivity index (χ2n) is 6.50. The Hall–Kier alpha value is -2.49. The standard InChI is InChI=1S/C21H25NO3/c22-19-12-11-17(21(23)25-18-9-5-2-6-10-18)15-20(19)24-14-13-16-7-3-1-4-8-16/h1,3-4,7-8,11-12,15,18H,2,5-6,9-10,13-14,22H2. The first-order valence-corrected chi connectivity index (χ1v) is 8.99. The number of hydrogen-bond donors (Lipinski definition) is 1. The molecule has 0 atom stereocenters. The molecule has 132 valence electrons. The van der Waals surface area contributed by atoms with Gasteiger partial charge in [0.1, 0.15) is 11.9 Å². The fourth-order valence-electron chi connectivity index (χ4n) is 3.11. The van der Waals surface area contributed by atoms with Crippen molar-refractivity contribution in [2.24, 2.45) is 0 Å². The van der Waals surface area contributed by atoms with Crippen molar-refractivity contribution in [3.05, 3.63) is 59.7 Å². The lowest BCUT2D eigenvalue weighted by Crippen LogP contribution is -2.21. The fourth-order valence-corrected chi connectivity index (χ4v) is 3.11. The van der Waals surface area contributed by atoms with Crippen LogP contribution in [-0.2, 0) is 11.2 Å². The van der Waals surface area contributed by atoms with E-state index in [1.54, 1.807) is 18.2 Å². The summed E-state index contributed by atoms with van der Waals surface area (Å²) in [6.07, 6.45) is 6.25. The van der Waals surface area contributed by atoms with Gasteiger partial charge in [-0.05, 0) is 49.4 Å². The van der Waals surface area contributed by atoms with Crippen LogP contribution in [0.5, 0.6) is 5.75 Å². The van der Waals surface area contributed by atoms with Crippen molar-refractivity contribution in [2.75, 3.05) is 12.3 Å². The third-order valence-electron chi connectivity index (χ3n) is 4.57. The molecule has 4 heteroatoms. The molecule has 0 heterocycles. The van der Waals surface area contributed by atoms with Gasteiger partial charge in [0.05, 0.1) is 17.9 Å². The Morgan fingerprint density at radius 2 is 1.80 bits per heavy atom. The predicted molar refractivity (Wildman–Crippen MR) is 98.8 cm³/mol. The summed E-state index contributed by atoms with van der Waals surface area (Å²) in [7, 11) is 0. The van der Waals surface area contributed by atoms with E-state index < -0.39 is 0 Å². The predicted octanol–water partition coefficient (Wildman–Crippen LogP) is 4.38. The summed E-state index contributed by atoms with van der Waals surface area (Å²) in [4.78, 5) is 12.4. The van der Waals surface area contributed by atoms with Crippen LogP contribution in [0.1, 0.15) is 48.0 Å². The van der Waals surface area contributed by atoms with Gasteiger partial charge in [-0.25, -0.2) is 4.79 Å². The molecule has 2 aromatic carbocycles. The Bertz CT molecular complexity index is 694. The van der Waals surface area contributed by atoms with Gasteiger partial charge in [0.15, 0.2) is 0 Å². The summed E-state index contributed by atoms with van der Waals surface area (Å²) >= 11 is 0. The summed E-state index contributed by atoms with van der Waals surface area (Å²) in [5.74, 6) is 0.244. The molecule has 0 spiro atoms. The summed E-state index contributed by atoms with van der Waals surface area (Å²) in [6.45, 7) is 0.509. The molecule has 1 aliphatic rings. The van der Waals surface area contributed by atoms with Crippen LogP contribution in [0, 0.1) is 0 Å². The Morgan fingerprint density at radius 3 is 2.56 bits per heavy atom. The third-order valence-corrected chi connectivity index (χ3v) is 4.57. The van der Waals surface area contributed by atoms with E-state index in [-0.39, 0.29) is 12.1 Å². The van der Waals surface area contributed by atoms with Crippen LogP contribution in [-0.4, -0.2) is 18.7 Å². The highest BCUT2D eigenvalue weighted by Crippen LogP contribution is 2.25. The minimum absolute atomic E-state index is 0.0428. The molecule has 0 unspecified atom stereocenters. The molecule has 0 aliphatic heterocycles. The molecule has 2 N–H and O–H groups in total. The normalized spacial score (nSPS) is 14.9. The van der Waals surface area contributed by atoms with E-state index in [1.165, 1.54) is 12.0 Å². The number of anilines is 1. The molecule has 0 aromatic heterocycles. The molecule has 2 aromatic rings. The van der Waals surface area contributed by atoms with Gasteiger partial charge in [0.25, 0.3) is 0 Å². The second kappa shape index (κ2) is 8.56. The smallest absolute Gasteiger partial charge is 0.338 e. The van der Waals surface area contributed by atoms with E-state index in [0.717, 1.165) is 32.1 Å². The average molecular weight is 339 g/mol. The molecule has 0 radical (unpaired) electrons. The van der Waals surface area contributed by atoms with Gasteiger partial charge in [0.2, 0.25) is 0 Å². The molecule has 25 heavy (non-hydrogen) atoms. The molecular formula is C21H25NO3. The Balaban J connectivity index is 1.58. The van der Waals surface area contributed by atoms with Gasteiger partial charge >= 0.3 is 5.97 Å². The monoisotopic (exact) mass is 339 g/mol. The number of rotatable bonds is 6. The lowest BCUT2D eigenvalue weighted by atomic mass is 9.98. The maximum atomic E-state index is 12.4. The Kier molecular flexibility index (Phi) is 5.94. The van der Waals surface area contributed by atoms with Crippen LogP contribution >= 0.6 is 0 Å². The van der Waals surface area contributed by atoms with Crippen molar-refractivity contribution >= 4 is 11.7 Å². The van der Waals surface area contributed by atoms with Crippen molar-refractivity contribution in [3.8, 4) is 5.75 Å². The number of hydrogen-bond acceptors (Lipinski definition) is 4. The maximum Gasteiger partial charge on any atom is 0.338 e. The third kappa shape index (κ3) is 4.99. The van der Waals surface area contributed by atoms with Gasteiger partial charge in [-0.3, -0.25) is 0 Å². The number of nitrogens with two attached hydrogens (primary N) is 1. The molecular weight excluding hydrogens is 314 g/mol. The Labute approximate surface area is 148 Å². The van der Waals surface area contributed by atoms with Gasteiger partial charge in [-0.1, -0.05) is 36.8 Å². The molecule has 0 saturated heterocycles. The van der Waals surface area contributed by atoms with E-state index in [2.05, 4.69) is 12.1 Å². The second-order valence-corrected chi connectivity index (χ2v) is 6.50. The number of ether oxygens (including phenoxy) is 2. The SMILES string of the molecule is Nc1ccc(C(=O)OC2CCCCC2)cc1OCCc1ccccc1. The van der Waals surface area contributed by atoms with Crippen molar-refractivity contribution in [1.82, 2.24) is 0 Å². The molecule has 4 nitrogen and oxygen atoms in total. The quantitative estimate of drug-likeness (QED) is 0.627. The highest BCUT2D eigenvalue weighted by atomic mass is 16.5. The van der Waals surface area contributed by atoms with Crippen LogP contribution in [0.15, 0.2) is 48.5 Å². The highest BCUT2D eigenvalue weighted by molar-refractivity contribution is 5.90. The molecule has 1 aliphatic carbocycles. The van der Waals surface area contributed by atoms with Crippen molar-refractivity contribution in [3.63, 3.8) is 0 Å². The zero-order chi connectivity index (χ0) is 17.5. The van der Waals surface area contributed by atoms with Gasteiger partial charge in [-0.15, -0.1) is 0 Å². The summed E-state index contributed by atoms with van der Waals surface area (Å²) in [5, 5.41) is 0. The highest BCUT2D eigenvalue weighted by Gasteiger charge is 2.19. The average Bonchev–Trinajstić information content (AvgIpc) is 2.65. The van der Waals surface area contributed by atoms with Gasteiger partial charge in [0, 0.05) is 6.42 Å². The van der Waals surface area contributed by atoms with Gasteiger partial charge < -0.3 is 15.2 Å².